The van der Waals surface area contributed by atoms with E-state index in [0.29, 0.717) is 11.3 Å². The van der Waals surface area contributed by atoms with Crippen molar-refractivity contribution in [2.24, 2.45) is 11.7 Å². The van der Waals surface area contributed by atoms with Crippen LogP contribution in [0.1, 0.15) is 24.2 Å². The molecule has 138 valence electrons. The Labute approximate surface area is 147 Å². The molecule has 0 unspecified atom stereocenters. The van der Waals surface area contributed by atoms with E-state index in [-0.39, 0.29) is 43.3 Å². The second-order valence-electron chi connectivity index (χ2n) is 5.82. The molecule has 0 spiro atoms. The minimum absolute atomic E-state index is 0.00349. The van der Waals surface area contributed by atoms with Gasteiger partial charge in [-0.3, -0.25) is 14.4 Å². The van der Waals surface area contributed by atoms with Crippen molar-refractivity contribution < 1.29 is 19.1 Å². The third-order valence-electron chi connectivity index (χ3n) is 3.53. The Kier molecular flexibility index (Phi) is 8.42. The highest BCUT2D eigenvalue weighted by Crippen LogP contribution is 2.10. The lowest BCUT2D eigenvalue weighted by molar-refractivity contribution is -0.127. The van der Waals surface area contributed by atoms with Crippen molar-refractivity contribution in [1.82, 2.24) is 16.0 Å². The molecule has 0 bridgehead atoms. The zero-order chi connectivity index (χ0) is 18.8. The van der Waals surface area contributed by atoms with Crippen molar-refractivity contribution in [1.29, 1.82) is 0 Å². The van der Waals surface area contributed by atoms with Gasteiger partial charge in [0.2, 0.25) is 11.8 Å². The number of methoxy groups -OCH3 is 1. The maximum atomic E-state index is 11.9. The lowest BCUT2D eigenvalue weighted by Crippen LogP contribution is -2.47. The topological polar surface area (TPSA) is 123 Å². The summed E-state index contributed by atoms with van der Waals surface area (Å²) in [7, 11) is 1.55. The quantitative estimate of drug-likeness (QED) is 0.453. The highest BCUT2D eigenvalue weighted by Gasteiger charge is 2.17. The summed E-state index contributed by atoms with van der Waals surface area (Å²) in [5.74, 6) is -0.284. The van der Waals surface area contributed by atoms with Crippen molar-refractivity contribution in [3.63, 3.8) is 0 Å². The zero-order valence-electron chi connectivity index (χ0n) is 14.8. The number of carbonyl (C=O) groups excluding carboxylic acids is 3. The second-order valence-corrected chi connectivity index (χ2v) is 5.82. The number of carbonyl (C=O) groups is 3. The van der Waals surface area contributed by atoms with Crippen LogP contribution in [0.15, 0.2) is 24.3 Å². The first kappa shape index (κ1) is 20.4. The van der Waals surface area contributed by atoms with E-state index in [1.165, 1.54) is 0 Å². The molecule has 8 heteroatoms. The van der Waals surface area contributed by atoms with Crippen LogP contribution in [0.4, 0.5) is 0 Å². The summed E-state index contributed by atoms with van der Waals surface area (Å²) in [5.41, 5.74) is 6.18. The van der Waals surface area contributed by atoms with Gasteiger partial charge in [0.25, 0.3) is 5.91 Å². The number of nitrogens with one attached hydrogen (secondary N) is 3. The second kappa shape index (κ2) is 10.3. The fraction of sp³-hybridized carbons (Fsp3) is 0.471. The first-order chi connectivity index (χ1) is 11.8. The highest BCUT2D eigenvalue weighted by atomic mass is 16.5. The van der Waals surface area contributed by atoms with Gasteiger partial charge in [-0.05, 0) is 30.2 Å². The highest BCUT2D eigenvalue weighted by molar-refractivity contribution is 5.94. The SMILES string of the molecule is COc1ccc(C(=O)NCCNC(=O)CNC(=O)[C@@H](N)C(C)C)cc1. The van der Waals surface area contributed by atoms with Gasteiger partial charge < -0.3 is 26.4 Å². The molecule has 1 aromatic carbocycles. The smallest absolute Gasteiger partial charge is 0.251 e. The van der Waals surface area contributed by atoms with Crippen LogP contribution in [0, 0.1) is 5.92 Å². The number of ether oxygens (including phenoxy) is 1. The molecule has 0 saturated heterocycles. The van der Waals surface area contributed by atoms with Crippen molar-refractivity contribution in [3.8, 4) is 5.75 Å². The van der Waals surface area contributed by atoms with Gasteiger partial charge in [-0.15, -0.1) is 0 Å². The summed E-state index contributed by atoms with van der Waals surface area (Å²) < 4.78 is 5.02. The van der Waals surface area contributed by atoms with E-state index in [9.17, 15) is 14.4 Å². The Morgan fingerprint density at radius 3 is 2.20 bits per heavy atom. The Morgan fingerprint density at radius 1 is 1.04 bits per heavy atom. The molecule has 3 amide bonds. The van der Waals surface area contributed by atoms with Crippen LogP contribution >= 0.6 is 0 Å². The minimum Gasteiger partial charge on any atom is -0.497 e. The monoisotopic (exact) mass is 350 g/mol. The van der Waals surface area contributed by atoms with Crippen molar-refractivity contribution >= 4 is 17.7 Å². The van der Waals surface area contributed by atoms with Crippen molar-refractivity contribution in [2.75, 3.05) is 26.7 Å². The van der Waals surface area contributed by atoms with E-state index in [1.54, 1.807) is 31.4 Å². The number of rotatable bonds is 9. The molecule has 0 aliphatic carbocycles. The summed E-state index contributed by atoms with van der Waals surface area (Å²) in [6, 6.07) is 6.06. The van der Waals surface area contributed by atoms with E-state index < -0.39 is 6.04 Å². The fourth-order valence-electron chi connectivity index (χ4n) is 1.87. The fourth-order valence-corrected chi connectivity index (χ4v) is 1.87. The first-order valence-corrected chi connectivity index (χ1v) is 8.07. The Morgan fingerprint density at radius 2 is 1.64 bits per heavy atom. The molecule has 0 saturated carbocycles. The number of hydrogen-bond acceptors (Lipinski definition) is 5. The number of benzene rings is 1. The normalized spacial score (nSPS) is 11.6. The molecule has 8 nitrogen and oxygen atoms in total. The lowest BCUT2D eigenvalue weighted by atomic mass is 10.1. The summed E-state index contributed by atoms with van der Waals surface area (Å²) in [6.07, 6.45) is 0. The molecule has 1 atom stereocenters. The molecule has 0 aromatic heterocycles. The molecule has 0 aliphatic rings. The van der Waals surface area contributed by atoms with Gasteiger partial charge >= 0.3 is 0 Å². The summed E-state index contributed by atoms with van der Waals surface area (Å²) in [6.45, 7) is 4.04. The molecular weight excluding hydrogens is 324 g/mol. The molecule has 1 aromatic rings. The van der Waals surface area contributed by atoms with Crippen LogP contribution in [0.2, 0.25) is 0 Å². The molecule has 0 aliphatic heterocycles. The van der Waals surface area contributed by atoms with Crippen LogP contribution in [0.5, 0.6) is 5.75 Å². The average Bonchev–Trinajstić information content (AvgIpc) is 2.62. The lowest BCUT2D eigenvalue weighted by Gasteiger charge is -2.15. The summed E-state index contributed by atoms with van der Waals surface area (Å²) in [4.78, 5) is 35.2. The van der Waals surface area contributed by atoms with E-state index in [0.717, 1.165) is 0 Å². The predicted octanol–water partition coefficient (Wildman–Crippen LogP) is -0.359. The molecule has 0 heterocycles. The maximum absolute atomic E-state index is 11.9. The summed E-state index contributed by atoms with van der Waals surface area (Å²) in [5, 5.41) is 7.76. The van der Waals surface area contributed by atoms with E-state index >= 15 is 0 Å². The zero-order valence-corrected chi connectivity index (χ0v) is 14.8. The van der Waals surface area contributed by atoms with Crippen LogP contribution in [0.3, 0.4) is 0 Å². The molecule has 1 rings (SSSR count). The van der Waals surface area contributed by atoms with E-state index in [4.69, 9.17) is 10.5 Å². The van der Waals surface area contributed by atoms with Gasteiger partial charge in [0.15, 0.2) is 0 Å². The van der Waals surface area contributed by atoms with Crippen LogP contribution in [-0.2, 0) is 9.59 Å². The number of amides is 3. The van der Waals surface area contributed by atoms with Gasteiger partial charge in [-0.1, -0.05) is 13.8 Å². The maximum Gasteiger partial charge on any atom is 0.251 e. The van der Waals surface area contributed by atoms with Gasteiger partial charge in [-0.2, -0.15) is 0 Å². The Bertz CT molecular complexity index is 587. The van der Waals surface area contributed by atoms with Crippen molar-refractivity contribution in [2.45, 2.75) is 19.9 Å². The first-order valence-electron chi connectivity index (χ1n) is 8.07. The Hall–Kier alpha value is -2.61. The van der Waals surface area contributed by atoms with Crippen LogP contribution in [-0.4, -0.2) is 50.5 Å². The third kappa shape index (κ3) is 7.21. The number of hydrogen-bond donors (Lipinski definition) is 4. The van der Waals surface area contributed by atoms with Crippen LogP contribution < -0.4 is 26.4 Å². The van der Waals surface area contributed by atoms with E-state index in [2.05, 4.69) is 16.0 Å². The van der Waals surface area contributed by atoms with Crippen molar-refractivity contribution in [3.05, 3.63) is 29.8 Å². The van der Waals surface area contributed by atoms with Gasteiger partial charge in [0.05, 0.1) is 19.7 Å². The van der Waals surface area contributed by atoms with Gasteiger partial charge in [-0.25, -0.2) is 0 Å². The molecule has 5 N–H and O–H groups in total. The Balaban J connectivity index is 2.22. The standard InChI is InChI=1S/C17H26N4O4/c1-11(2)15(18)17(24)21-10-14(22)19-8-9-20-16(23)12-4-6-13(25-3)7-5-12/h4-7,11,15H,8-10,18H2,1-3H3,(H,19,22)(H,20,23)(H,21,24)/t15-/m0/s1. The summed E-state index contributed by atoms with van der Waals surface area (Å²) >= 11 is 0. The number of nitrogens with two attached hydrogens (primary N) is 1. The van der Waals surface area contributed by atoms with Crippen LogP contribution in [0.25, 0.3) is 0 Å². The minimum atomic E-state index is -0.642. The van der Waals surface area contributed by atoms with E-state index in [1.807, 2.05) is 13.8 Å². The molecule has 0 radical (unpaired) electrons. The third-order valence-corrected chi connectivity index (χ3v) is 3.53. The molecule has 0 fully saturated rings. The van der Waals surface area contributed by atoms with Gasteiger partial charge in [0, 0.05) is 18.7 Å². The average molecular weight is 350 g/mol. The predicted molar refractivity (Wildman–Crippen MR) is 94.2 cm³/mol. The largest absolute Gasteiger partial charge is 0.497 e. The molecule has 25 heavy (non-hydrogen) atoms. The van der Waals surface area contributed by atoms with Gasteiger partial charge in [0.1, 0.15) is 5.75 Å². The molecular formula is C17H26N4O4.